The summed E-state index contributed by atoms with van der Waals surface area (Å²) in [7, 11) is 0. The summed E-state index contributed by atoms with van der Waals surface area (Å²) in [6.07, 6.45) is 2.52. The van der Waals surface area contributed by atoms with Gasteiger partial charge in [-0.1, -0.05) is 0 Å². The summed E-state index contributed by atoms with van der Waals surface area (Å²) < 4.78 is 0. The summed E-state index contributed by atoms with van der Waals surface area (Å²) in [5.41, 5.74) is -0.207. The highest BCUT2D eigenvalue weighted by Gasteiger charge is 2.28. The van der Waals surface area contributed by atoms with Gasteiger partial charge in [0, 0.05) is 11.6 Å². The Labute approximate surface area is 97.8 Å². The van der Waals surface area contributed by atoms with Crippen LogP contribution in [0.2, 0.25) is 0 Å². The maximum absolute atomic E-state index is 11.8. The first-order valence-electron chi connectivity index (χ1n) is 6.06. The van der Waals surface area contributed by atoms with Gasteiger partial charge >= 0.3 is 0 Å². The monoisotopic (exact) mass is 228 g/mol. The minimum Gasteiger partial charge on any atom is -0.392 e. The van der Waals surface area contributed by atoms with Crippen LogP contribution in [-0.2, 0) is 4.79 Å². The summed E-state index contributed by atoms with van der Waals surface area (Å²) in [6.45, 7) is 7.72. The first kappa shape index (κ1) is 13.5. The van der Waals surface area contributed by atoms with Crippen LogP contribution in [-0.4, -0.2) is 34.7 Å². The van der Waals surface area contributed by atoms with Crippen LogP contribution >= 0.6 is 0 Å². The highest BCUT2D eigenvalue weighted by Crippen LogP contribution is 2.19. The number of hydrogen-bond donors (Lipinski definition) is 3. The van der Waals surface area contributed by atoms with Crippen molar-refractivity contribution >= 4 is 5.91 Å². The third kappa shape index (κ3) is 4.10. The highest BCUT2D eigenvalue weighted by molar-refractivity contribution is 5.81. The maximum Gasteiger partial charge on any atom is 0.237 e. The molecule has 0 spiro atoms. The predicted octanol–water partition coefficient (Wildman–Crippen LogP) is 0.793. The molecule has 0 saturated heterocycles. The van der Waals surface area contributed by atoms with Gasteiger partial charge in [0.05, 0.1) is 12.1 Å². The molecule has 3 atom stereocenters. The minimum atomic E-state index is -0.301. The smallest absolute Gasteiger partial charge is 0.237 e. The average molecular weight is 228 g/mol. The fourth-order valence-corrected chi connectivity index (χ4v) is 2.01. The van der Waals surface area contributed by atoms with Gasteiger partial charge in [0.2, 0.25) is 5.91 Å². The highest BCUT2D eigenvalue weighted by atomic mass is 16.3. The van der Waals surface area contributed by atoms with E-state index in [2.05, 4.69) is 10.6 Å². The van der Waals surface area contributed by atoms with E-state index in [0.29, 0.717) is 0 Å². The second-order valence-electron chi connectivity index (χ2n) is 5.73. The van der Waals surface area contributed by atoms with Crippen LogP contribution in [0.4, 0.5) is 0 Å². The molecular weight excluding hydrogens is 204 g/mol. The zero-order chi connectivity index (χ0) is 12.3. The van der Waals surface area contributed by atoms with E-state index in [4.69, 9.17) is 0 Å². The molecule has 1 fully saturated rings. The van der Waals surface area contributed by atoms with Crippen molar-refractivity contribution in [3.8, 4) is 0 Å². The number of aliphatic hydroxyl groups is 1. The van der Waals surface area contributed by atoms with Gasteiger partial charge in [0.15, 0.2) is 0 Å². The fourth-order valence-electron chi connectivity index (χ4n) is 2.01. The first-order valence-corrected chi connectivity index (χ1v) is 6.06. The molecule has 1 saturated carbocycles. The average Bonchev–Trinajstić information content (AvgIpc) is 2.49. The number of nitrogens with one attached hydrogen (secondary N) is 2. The van der Waals surface area contributed by atoms with Crippen LogP contribution < -0.4 is 10.6 Å². The van der Waals surface area contributed by atoms with Crippen molar-refractivity contribution in [2.75, 3.05) is 0 Å². The van der Waals surface area contributed by atoms with Crippen molar-refractivity contribution in [1.29, 1.82) is 0 Å². The number of carbonyl (C=O) groups is 1. The van der Waals surface area contributed by atoms with E-state index in [0.717, 1.165) is 19.3 Å². The molecule has 1 unspecified atom stereocenters. The summed E-state index contributed by atoms with van der Waals surface area (Å²) in [6, 6.07) is -0.183. The van der Waals surface area contributed by atoms with E-state index in [1.807, 2.05) is 27.7 Å². The largest absolute Gasteiger partial charge is 0.392 e. The molecule has 4 nitrogen and oxygen atoms in total. The molecule has 94 valence electrons. The van der Waals surface area contributed by atoms with Gasteiger partial charge in [-0.05, 0) is 47.0 Å². The van der Waals surface area contributed by atoms with E-state index < -0.39 is 0 Å². The molecule has 1 aliphatic rings. The molecule has 1 rings (SSSR count). The van der Waals surface area contributed by atoms with E-state index in [9.17, 15) is 9.90 Å². The molecule has 4 heteroatoms. The molecule has 0 bridgehead atoms. The predicted molar refractivity (Wildman–Crippen MR) is 64.1 cm³/mol. The van der Waals surface area contributed by atoms with Crippen LogP contribution in [0, 0.1) is 0 Å². The molecule has 0 heterocycles. The van der Waals surface area contributed by atoms with Gasteiger partial charge in [-0.3, -0.25) is 4.79 Å². The lowest BCUT2D eigenvalue weighted by molar-refractivity contribution is -0.124. The van der Waals surface area contributed by atoms with Crippen molar-refractivity contribution in [3.63, 3.8) is 0 Å². The van der Waals surface area contributed by atoms with Crippen molar-refractivity contribution in [3.05, 3.63) is 0 Å². The fraction of sp³-hybridized carbons (Fsp3) is 0.917. The van der Waals surface area contributed by atoms with Crippen molar-refractivity contribution in [2.24, 2.45) is 0 Å². The molecule has 0 aromatic heterocycles. The zero-order valence-electron chi connectivity index (χ0n) is 10.7. The van der Waals surface area contributed by atoms with E-state index in [1.165, 1.54) is 0 Å². The lowest BCUT2D eigenvalue weighted by Gasteiger charge is -2.26. The van der Waals surface area contributed by atoms with Crippen LogP contribution in [0.5, 0.6) is 0 Å². The lowest BCUT2D eigenvalue weighted by atomic mass is 10.1. The Hall–Kier alpha value is -0.610. The second-order valence-corrected chi connectivity index (χ2v) is 5.73. The van der Waals surface area contributed by atoms with Crippen molar-refractivity contribution in [1.82, 2.24) is 10.6 Å². The molecule has 1 amide bonds. The van der Waals surface area contributed by atoms with E-state index in [1.54, 1.807) is 0 Å². The SMILES string of the molecule is CC(N[C@H]1CCC[C@@H]1O)C(=O)NC(C)(C)C. The molecule has 16 heavy (non-hydrogen) atoms. The third-order valence-corrected chi connectivity index (χ3v) is 2.84. The minimum absolute atomic E-state index is 0.00778. The molecule has 0 aliphatic heterocycles. The van der Waals surface area contributed by atoms with E-state index >= 15 is 0 Å². The Balaban J connectivity index is 2.39. The molecule has 3 N–H and O–H groups in total. The van der Waals surface area contributed by atoms with Crippen molar-refractivity contribution < 1.29 is 9.90 Å². The molecular formula is C12H24N2O2. The topological polar surface area (TPSA) is 61.4 Å². The number of amides is 1. The summed E-state index contributed by atoms with van der Waals surface area (Å²) in [5.74, 6) is -0.00778. The quantitative estimate of drug-likeness (QED) is 0.669. The van der Waals surface area contributed by atoms with Gasteiger partial charge in [-0.2, -0.15) is 0 Å². The normalized spacial score (nSPS) is 27.8. The zero-order valence-corrected chi connectivity index (χ0v) is 10.7. The lowest BCUT2D eigenvalue weighted by Crippen LogP contribution is -2.53. The standard InChI is InChI=1S/C12H24N2O2/c1-8(11(16)14-12(2,3)4)13-9-6-5-7-10(9)15/h8-10,13,15H,5-7H2,1-4H3,(H,14,16)/t8?,9-,10-/m0/s1. The van der Waals surface area contributed by atoms with Crippen LogP contribution in [0.1, 0.15) is 47.0 Å². The van der Waals surface area contributed by atoms with Crippen LogP contribution in [0.25, 0.3) is 0 Å². The summed E-state index contributed by atoms with van der Waals surface area (Å²) >= 11 is 0. The Bertz CT molecular complexity index is 248. The van der Waals surface area contributed by atoms with Crippen LogP contribution in [0.3, 0.4) is 0 Å². The Morgan fingerprint density at radius 3 is 2.44 bits per heavy atom. The second kappa shape index (κ2) is 5.15. The molecule has 1 aliphatic carbocycles. The molecule has 0 radical (unpaired) electrons. The van der Waals surface area contributed by atoms with Gasteiger partial charge in [0.25, 0.3) is 0 Å². The molecule has 0 aromatic rings. The first-order chi connectivity index (χ1) is 7.29. The Morgan fingerprint density at radius 2 is 2.00 bits per heavy atom. The Morgan fingerprint density at radius 1 is 1.38 bits per heavy atom. The third-order valence-electron chi connectivity index (χ3n) is 2.84. The van der Waals surface area contributed by atoms with E-state index in [-0.39, 0.29) is 29.6 Å². The van der Waals surface area contributed by atoms with Crippen LogP contribution in [0.15, 0.2) is 0 Å². The van der Waals surface area contributed by atoms with Gasteiger partial charge in [-0.15, -0.1) is 0 Å². The van der Waals surface area contributed by atoms with Crippen molar-refractivity contribution in [2.45, 2.75) is 70.7 Å². The number of aliphatic hydroxyl groups excluding tert-OH is 1. The van der Waals surface area contributed by atoms with Gasteiger partial charge in [-0.25, -0.2) is 0 Å². The number of rotatable bonds is 3. The summed E-state index contributed by atoms with van der Waals surface area (Å²) in [4.78, 5) is 11.8. The molecule has 0 aromatic carbocycles. The van der Waals surface area contributed by atoms with Gasteiger partial charge < -0.3 is 15.7 Å². The van der Waals surface area contributed by atoms with Gasteiger partial charge in [0.1, 0.15) is 0 Å². The number of carbonyl (C=O) groups excluding carboxylic acids is 1. The Kier molecular flexibility index (Phi) is 4.33. The number of hydrogen-bond acceptors (Lipinski definition) is 3. The summed E-state index contributed by atoms with van der Waals surface area (Å²) in [5, 5.41) is 15.8. The maximum atomic E-state index is 11.8.